The molecule has 2 saturated heterocycles. The Bertz CT molecular complexity index is 2240. The summed E-state index contributed by atoms with van der Waals surface area (Å²) in [6.07, 6.45) is 3.55. The fraction of sp³-hybridized carbons (Fsp3) is 0.543. The van der Waals surface area contributed by atoms with Gasteiger partial charge in [-0.15, -0.1) is 11.3 Å². The first-order valence-corrected chi connectivity index (χ1v) is 19.5. The number of ether oxygens (including phenoxy) is 3. The monoisotopic (exact) mass is 765 g/mol. The molecule has 0 radical (unpaired) electrons. The van der Waals surface area contributed by atoms with Gasteiger partial charge in [-0.25, -0.2) is 27.2 Å². The van der Waals surface area contributed by atoms with Crippen molar-refractivity contribution in [1.82, 2.24) is 14.1 Å². The number of hydrogen-bond acceptors (Lipinski definition) is 11. The van der Waals surface area contributed by atoms with Crippen molar-refractivity contribution in [2.45, 2.75) is 114 Å². The molecule has 0 amide bonds. The molecule has 1 aromatic carbocycles. The van der Waals surface area contributed by atoms with Gasteiger partial charge < -0.3 is 18.6 Å². The number of aromatic nitrogens is 3. The first-order chi connectivity index (χ1) is 24.5. The van der Waals surface area contributed by atoms with Gasteiger partial charge in [-0.2, -0.15) is 8.78 Å². The highest BCUT2D eigenvalue weighted by Gasteiger charge is 2.55. The van der Waals surface area contributed by atoms with E-state index in [0.717, 1.165) is 46.9 Å². The van der Waals surface area contributed by atoms with Crippen LogP contribution >= 0.6 is 11.3 Å². The van der Waals surface area contributed by atoms with E-state index < -0.39 is 74.1 Å². The number of rotatable bonds is 12. The van der Waals surface area contributed by atoms with Crippen molar-refractivity contribution in [3.63, 3.8) is 0 Å². The molecule has 1 aliphatic carbocycles. The van der Waals surface area contributed by atoms with Gasteiger partial charge in [-0.3, -0.25) is 14.2 Å². The number of carbonyl (C=O) groups is 1. The van der Waals surface area contributed by atoms with Gasteiger partial charge in [-0.1, -0.05) is 0 Å². The number of ketones is 1. The summed E-state index contributed by atoms with van der Waals surface area (Å²) in [5, 5.41) is 0.0571. The summed E-state index contributed by atoms with van der Waals surface area (Å²) >= 11 is 1.02. The molecule has 1 saturated carbocycles. The van der Waals surface area contributed by atoms with Gasteiger partial charge in [0.1, 0.15) is 40.1 Å². The van der Waals surface area contributed by atoms with E-state index in [4.69, 9.17) is 18.6 Å². The average Bonchev–Trinajstić information content (AvgIpc) is 3.33. The van der Waals surface area contributed by atoms with Crippen molar-refractivity contribution in [3.8, 4) is 16.5 Å². The standard InChI is InChI=1S/C35H38F3N3O9S2/c1-18-27-30(43)41(35(9-10-35)26(42)17-52(45,46)34(2,3)4)33(44)40(31(27)51-28(18)29-39-11-12-47-29)16-25(49-22-14-20-6-7-21(15-22)48-20)23-13-19(36)5-8-24(23)50-32(37)38/h5,8,11-13,20-22,25,32H,6-7,9-10,14-17H2,1-4H3/t20-,21+,22?,25-/m0/s1. The highest BCUT2D eigenvalue weighted by atomic mass is 32.2. The van der Waals surface area contributed by atoms with Crippen LogP contribution in [-0.2, 0) is 36.2 Å². The maximum atomic E-state index is 14.9. The lowest BCUT2D eigenvalue weighted by Crippen LogP contribution is -2.51. The molecule has 1 unspecified atom stereocenters. The summed E-state index contributed by atoms with van der Waals surface area (Å²) in [4.78, 5) is 47.9. The Kier molecular flexibility index (Phi) is 9.31. The summed E-state index contributed by atoms with van der Waals surface area (Å²) in [5.41, 5.74) is -3.17. The number of nitrogens with zero attached hydrogens (tertiary/aromatic N) is 3. The highest BCUT2D eigenvalue weighted by molar-refractivity contribution is 7.93. The summed E-state index contributed by atoms with van der Waals surface area (Å²) < 4.78 is 92.2. The quantitative estimate of drug-likeness (QED) is 0.177. The Labute approximate surface area is 300 Å². The van der Waals surface area contributed by atoms with Gasteiger partial charge in [-0.05, 0) is 90.0 Å². The van der Waals surface area contributed by atoms with E-state index >= 15 is 0 Å². The first-order valence-electron chi connectivity index (χ1n) is 17.0. The van der Waals surface area contributed by atoms with Gasteiger partial charge >= 0.3 is 12.3 Å². The van der Waals surface area contributed by atoms with Crippen LogP contribution in [0.25, 0.3) is 21.0 Å². The van der Waals surface area contributed by atoms with Gasteiger partial charge in [0.05, 0.1) is 46.1 Å². The van der Waals surface area contributed by atoms with E-state index in [1.165, 1.54) is 37.8 Å². The number of benzene rings is 1. The van der Waals surface area contributed by atoms with Gasteiger partial charge in [0.15, 0.2) is 15.6 Å². The molecule has 3 aromatic heterocycles. The van der Waals surface area contributed by atoms with Crippen molar-refractivity contribution in [3.05, 3.63) is 68.4 Å². The summed E-state index contributed by atoms with van der Waals surface area (Å²) in [5.74, 6) is -2.64. The van der Waals surface area contributed by atoms with Crippen LogP contribution in [0.5, 0.6) is 5.75 Å². The van der Waals surface area contributed by atoms with Crippen molar-refractivity contribution in [2.24, 2.45) is 0 Å². The lowest BCUT2D eigenvalue weighted by atomic mass is 10.0. The maximum Gasteiger partial charge on any atom is 0.387 e. The SMILES string of the molecule is Cc1c(-c2ncco2)sc2c1c(=O)n(C1(C(=O)CS(=O)(=O)C(C)(C)C)CC1)c(=O)n2C[C@H](OC1C[C@H]2CC[C@@H](C1)O2)c1cc(F)ccc1OC(F)F. The molecular weight excluding hydrogens is 728 g/mol. The number of thiophene rings is 1. The van der Waals surface area contributed by atoms with E-state index in [2.05, 4.69) is 4.98 Å². The van der Waals surface area contributed by atoms with E-state index in [0.29, 0.717) is 23.3 Å². The third-order valence-corrected chi connectivity index (χ3v) is 14.1. The Balaban J connectivity index is 1.42. The lowest BCUT2D eigenvalue weighted by molar-refractivity contribution is -0.121. The number of sulfone groups is 1. The van der Waals surface area contributed by atoms with Crippen molar-refractivity contribution >= 4 is 37.2 Å². The number of halogens is 3. The van der Waals surface area contributed by atoms with Crippen LogP contribution in [-0.4, -0.2) is 63.7 Å². The van der Waals surface area contributed by atoms with Gasteiger partial charge in [0.2, 0.25) is 5.89 Å². The summed E-state index contributed by atoms with van der Waals surface area (Å²) in [6, 6.07) is 3.04. The largest absolute Gasteiger partial charge is 0.444 e. The minimum Gasteiger partial charge on any atom is -0.444 e. The zero-order chi connectivity index (χ0) is 37.3. The second-order valence-electron chi connectivity index (χ2n) is 14.7. The molecule has 7 rings (SSSR count). The molecule has 12 nitrogen and oxygen atoms in total. The molecule has 0 N–H and O–H groups in total. The van der Waals surface area contributed by atoms with Crippen LogP contribution < -0.4 is 16.0 Å². The second-order valence-corrected chi connectivity index (χ2v) is 18.4. The van der Waals surface area contributed by atoms with Crippen LogP contribution in [0.4, 0.5) is 13.2 Å². The Morgan fingerprint density at radius 2 is 1.85 bits per heavy atom. The highest BCUT2D eigenvalue weighted by Crippen LogP contribution is 2.45. The number of Topliss-reactive ketones (excluding diaryl/α,β-unsaturated/α-hetero) is 1. The van der Waals surface area contributed by atoms with E-state index in [9.17, 15) is 36.0 Å². The molecule has 280 valence electrons. The van der Waals surface area contributed by atoms with Crippen molar-refractivity contribution in [1.29, 1.82) is 0 Å². The minimum atomic E-state index is -3.99. The molecule has 17 heteroatoms. The number of aryl methyl sites for hydroxylation is 1. The van der Waals surface area contributed by atoms with E-state index in [1.54, 1.807) is 6.92 Å². The molecule has 0 spiro atoms. The normalized spacial score (nSPS) is 21.9. The van der Waals surface area contributed by atoms with Crippen LogP contribution in [0, 0.1) is 12.7 Å². The Morgan fingerprint density at radius 1 is 1.15 bits per heavy atom. The summed E-state index contributed by atoms with van der Waals surface area (Å²) in [6.45, 7) is 2.34. The van der Waals surface area contributed by atoms with Gasteiger partial charge in [0.25, 0.3) is 5.56 Å². The smallest absolute Gasteiger partial charge is 0.387 e. The fourth-order valence-corrected chi connectivity index (χ4v) is 9.49. The minimum absolute atomic E-state index is 0.0446. The molecule has 2 aliphatic heterocycles. The van der Waals surface area contributed by atoms with Crippen LogP contribution in [0.3, 0.4) is 0 Å². The number of fused-ring (bicyclic) bond motifs is 3. The fourth-order valence-electron chi connectivity index (χ4n) is 7.20. The van der Waals surface area contributed by atoms with E-state index in [1.807, 2.05) is 0 Å². The molecule has 52 heavy (non-hydrogen) atoms. The zero-order valence-electron chi connectivity index (χ0n) is 28.9. The van der Waals surface area contributed by atoms with Crippen LogP contribution in [0.1, 0.15) is 76.5 Å². The predicted molar refractivity (Wildman–Crippen MR) is 184 cm³/mol. The number of carbonyl (C=O) groups excluding carboxylic acids is 1. The number of oxazole rings is 1. The second kappa shape index (κ2) is 13.2. The molecule has 3 fully saturated rings. The lowest BCUT2D eigenvalue weighted by Gasteiger charge is -2.32. The van der Waals surface area contributed by atoms with E-state index in [-0.39, 0.29) is 52.5 Å². The van der Waals surface area contributed by atoms with Gasteiger partial charge in [0, 0.05) is 5.56 Å². The third kappa shape index (κ3) is 6.53. The number of alkyl halides is 2. The third-order valence-electron chi connectivity index (χ3n) is 10.3. The molecule has 5 heterocycles. The molecular formula is C35H38F3N3O9S2. The first kappa shape index (κ1) is 36.6. The van der Waals surface area contributed by atoms with Crippen molar-refractivity contribution in [2.75, 3.05) is 5.75 Å². The Hall–Kier alpha value is -3.80. The molecule has 4 aromatic rings. The summed E-state index contributed by atoms with van der Waals surface area (Å²) in [7, 11) is -3.99. The topological polar surface area (TPSA) is 149 Å². The van der Waals surface area contributed by atoms with Crippen LogP contribution in [0.2, 0.25) is 0 Å². The maximum absolute atomic E-state index is 14.9. The zero-order valence-corrected chi connectivity index (χ0v) is 30.5. The average molecular weight is 766 g/mol. The molecule has 4 atom stereocenters. The predicted octanol–water partition coefficient (Wildman–Crippen LogP) is 5.67. The van der Waals surface area contributed by atoms with Crippen molar-refractivity contribution < 1.29 is 45.0 Å². The molecule has 3 aliphatic rings. The Morgan fingerprint density at radius 3 is 2.44 bits per heavy atom. The molecule has 2 bridgehead atoms. The van der Waals surface area contributed by atoms with Crippen LogP contribution in [0.15, 0.2) is 44.7 Å². The number of hydrogen-bond donors (Lipinski definition) is 0.